The summed E-state index contributed by atoms with van der Waals surface area (Å²) in [5, 5.41) is 17.3. The first-order valence-electron chi connectivity index (χ1n) is 7.32. The zero-order chi connectivity index (χ0) is 17.0. The fourth-order valence-electron chi connectivity index (χ4n) is 2.77. The van der Waals surface area contributed by atoms with Gasteiger partial charge in [0.05, 0.1) is 22.0 Å². The molecule has 0 bridgehead atoms. The number of nitro benzene ring substituents is 1. The second kappa shape index (κ2) is 5.07. The van der Waals surface area contributed by atoms with Crippen molar-refractivity contribution in [3.63, 3.8) is 0 Å². The molecule has 3 aromatic heterocycles. The Morgan fingerprint density at radius 1 is 1.21 bits per heavy atom. The van der Waals surface area contributed by atoms with Gasteiger partial charge in [-0.25, -0.2) is 14.6 Å². The summed E-state index contributed by atoms with van der Waals surface area (Å²) in [6.07, 6.45) is 1.69. The molecule has 0 unspecified atom stereocenters. The lowest BCUT2D eigenvalue weighted by atomic mass is 10.2. The first kappa shape index (κ1) is 14.7. The van der Waals surface area contributed by atoms with E-state index in [1.165, 1.54) is 17.0 Å². The van der Waals surface area contributed by atoms with E-state index < -0.39 is 4.92 Å². The molecule has 8 heteroatoms. The second-order valence-corrected chi connectivity index (χ2v) is 6.82. The highest BCUT2D eigenvalue weighted by atomic mass is 32.1. The predicted molar refractivity (Wildman–Crippen MR) is 92.9 cm³/mol. The molecule has 0 amide bonds. The third-order valence-electron chi connectivity index (χ3n) is 4.09. The minimum atomic E-state index is -0.405. The summed E-state index contributed by atoms with van der Waals surface area (Å²) in [6.45, 7) is 5.92. The molecule has 24 heavy (non-hydrogen) atoms. The largest absolute Gasteiger partial charge is 0.271 e. The zero-order valence-corrected chi connectivity index (χ0v) is 14.1. The average molecular weight is 339 g/mol. The van der Waals surface area contributed by atoms with E-state index in [-0.39, 0.29) is 5.69 Å². The number of rotatable bonds is 2. The van der Waals surface area contributed by atoms with Gasteiger partial charge in [-0.05, 0) is 32.4 Å². The Morgan fingerprint density at radius 2 is 2.00 bits per heavy atom. The summed E-state index contributed by atoms with van der Waals surface area (Å²) in [7, 11) is 0. The molecule has 7 nitrogen and oxygen atoms in total. The number of hydrogen-bond donors (Lipinski definition) is 0. The van der Waals surface area contributed by atoms with Crippen molar-refractivity contribution in [1.29, 1.82) is 0 Å². The quantitative estimate of drug-likeness (QED) is 0.409. The lowest BCUT2D eigenvalue weighted by Crippen LogP contribution is -2.03. The number of hydrogen-bond acceptors (Lipinski definition) is 6. The molecule has 3 heterocycles. The van der Waals surface area contributed by atoms with Crippen molar-refractivity contribution in [1.82, 2.24) is 19.7 Å². The number of aromatic nitrogens is 4. The van der Waals surface area contributed by atoms with Gasteiger partial charge in [-0.15, -0.1) is 11.3 Å². The van der Waals surface area contributed by atoms with Gasteiger partial charge in [-0.1, -0.05) is 0 Å². The molecule has 0 atom stereocenters. The molecule has 0 radical (unpaired) electrons. The Kier molecular flexibility index (Phi) is 3.10. The smallest absolute Gasteiger partial charge is 0.258 e. The highest BCUT2D eigenvalue weighted by Crippen LogP contribution is 2.33. The first-order chi connectivity index (χ1) is 11.5. The fraction of sp³-hybridized carbons (Fsp3) is 0.188. The van der Waals surface area contributed by atoms with Crippen LogP contribution in [0.5, 0.6) is 0 Å². The van der Waals surface area contributed by atoms with Gasteiger partial charge >= 0.3 is 0 Å². The van der Waals surface area contributed by atoms with Crippen LogP contribution < -0.4 is 0 Å². The van der Waals surface area contributed by atoms with Crippen molar-refractivity contribution < 1.29 is 4.92 Å². The predicted octanol–water partition coefficient (Wildman–Crippen LogP) is 3.86. The van der Waals surface area contributed by atoms with Crippen molar-refractivity contribution in [3.8, 4) is 5.82 Å². The highest BCUT2D eigenvalue weighted by molar-refractivity contribution is 7.18. The Labute approximate surface area is 140 Å². The minimum absolute atomic E-state index is 0.0319. The summed E-state index contributed by atoms with van der Waals surface area (Å²) in [5.74, 6) is 1.31. The van der Waals surface area contributed by atoms with Crippen LogP contribution in [0, 0.1) is 30.9 Å². The van der Waals surface area contributed by atoms with E-state index in [4.69, 9.17) is 0 Å². The molecular formula is C16H13N5O2S. The van der Waals surface area contributed by atoms with Crippen molar-refractivity contribution in [2.24, 2.45) is 0 Å². The molecule has 0 saturated carbocycles. The van der Waals surface area contributed by atoms with Crippen LogP contribution in [0.2, 0.25) is 0 Å². The van der Waals surface area contributed by atoms with Gasteiger partial charge in [-0.2, -0.15) is 5.10 Å². The summed E-state index contributed by atoms with van der Waals surface area (Å²) < 4.78 is 1.67. The van der Waals surface area contributed by atoms with Crippen LogP contribution in [-0.2, 0) is 0 Å². The topological polar surface area (TPSA) is 86.7 Å². The van der Waals surface area contributed by atoms with Gasteiger partial charge < -0.3 is 0 Å². The maximum atomic E-state index is 11.1. The Bertz CT molecular complexity index is 1130. The fourth-order valence-corrected chi connectivity index (χ4v) is 3.84. The van der Waals surface area contributed by atoms with Gasteiger partial charge in [0.2, 0.25) is 0 Å². The third kappa shape index (κ3) is 2.07. The number of non-ortho nitro benzene ring substituents is 1. The molecule has 4 aromatic rings. The molecule has 0 fully saturated rings. The van der Waals surface area contributed by atoms with Crippen LogP contribution >= 0.6 is 11.3 Å². The van der Waals surface area contributed by atoms with Crippen LogP contribution in [0.3, 0.4) is 0 Å². The third-order valence-corrected chi connectivity index (χ3v) is 5.19. The van der Waals surface area contributed by atoms with Crippen LogP contribution in [0.15, 0.2) is 24.4 Å². The molecule has 0 spiro atoms. The van der Waals surface area contributed by atoms with Gasteiger partial charge in [0, 0.05) is 22.4 Å². The van der Waals surface area contributed by atoms with Crippen molar-refractivity contribution >= 4 is 38.1 Å². The van der Waals surface area contributed by atoms with Gasteiger partial charge in [-0.3, -0.25) is 10.1 Å². The molecule has 120 valence electrons. The maximum absolute atomic E-state index is 11.1. The Morgan fingerprint density at radius 3 is 2.75 bits per heavy atom. The molecular weight excluding hydrogens is 326 g/mol. The van der Waals surface area contributed by atoms with E-state index in [1.54, 1.807) is 28.3 Å². The van der Waals surface area contributed by atoms with Crippen LogP contribution in [0.4, 0.5) is 5.69 Å². The standard InChI is InChI=1S/C16H13N5O2S/c1-8-9(2)24-16-14(8)15(18-10(3)19-16)20-13-6-12(21(22)23)5-4-11(13)7-17-20/h4-7H,1-3H3. The summed E-state index contributed by atoms with van der Waals surface area (Å²) >= 11 is 1.62. The number of fused-ring (bicyclic) bond motifs is 2. The van der Waals surface area contributed by atoms with E-state index in [0.29, 0.717) is 17.2 Å². The second-order valence-electron chi connectivity index (χ2n) is 5.61. The van der Waals surface area contributed by atoms with E-state index >= 15 is 0 Å². The van der Waals surface area contributed by atoms with Crippen molar-refractivity contribution in [2.75, 3.05) is 0 Å². The molecule has 4 rings (SSSR count). The van der Waals surface area contributed by atoms with Crippen molar-refractivity contribution in [2.45, 2.75) is 20.8 Å². The number of nitrogens with zero attached hydrogens (tertiary/aromatic N) is 5. The summed E-state index contributed by atoms with van der Waals surface area (Å²) in [5.41, 5.74) is 1.80. The average Bonchev–Trinajstić information content (AvgIpc) is 3.07. The highest BCUT2D eigenvalue weighted by Gasteiger charge is 2.18. The molecule has 0 aliphatic heterocycles. The van der Waals surface area contributed by atoms with E-state index in [2.05, 4.69) is 15.1 Å². The van der Waals surface area contributed by atoms with E-state index in [0.717, 1.165) is 21.2 Å². The molecule has 0 saturated heterocycles. The minimum Gasteiger partial charge on any atom is -0.258 e. The SMILES string of the molecule is Cc1nc(-n2ncc3ccc([N+](=O)[O-])cc32)c2c(C)c(C)sc2n1. The summed E-state index contributed by atoms with van der Waals surface area (Å²) in [6, 6.07) is 4.71. The number of thiophene rings is 1. The molecule has 1 aromatic carbocycles. The molecule has 0 aliphatic carbocycles. The van der Waals surface area contributed by atoms with Crippen LogP contribution in [0.1, 0.15) is 16.3 Å². The molecule has 0 N–H and O–H groups in total. The number of benzene rings is 1. The first-order valence-corrected chi connectivity index (χ1v) is 8.14. The number of aryl methyl sites for hydroxylation is 3. The lowest BCUT2D eigenvalue weighted by Gasteiger charge is -2.06. The lowest BCUT2D eigenvalue weighted by molar-refractivity contribution is -0.384. The Hall–Kier alpha value is -2.87. The van der Waals surface area contributed by atoms with Crippen LogP contribution in [-0.4, -0.2) is 24.7 Å². The monoisotopic (exact) mass is 339 g/mol. The molecule has 0 aliphatic rings. The normalized spacial score (nSPS) is 11.5. The van der Waals surface area contributed by atoms with E-state index in [9.17, 15) is 10.1 Å². The Balaban J connectivity index is 2.09. The number of nitro groups is 1. The van der Waals surface area contributed by atoms with Crippen LogP contribution in [0.25, 0.3) is 26.9 Å². The van der Waals surface area contributed by atoms with E-state index in [1.807, 2.05) is 20.8 Å². The zero-order valence-electron chi connectivity index (χ0n) is 13.3. The van der Waals surface area contributed by atoms with Gasteiger partial charge in [0.25, 0.3) is 5.69 Å². The van der Waals surface area contributed by atoms with Crippen molar-refractivity contribution in [3.05, 3.63) is 50.8 Å². The van der Waals surface area contributed by atoms with Gasteiger partial charge in [0.15, 0.2) is 5.82 Å². The summed E-state index contributed by atoms with van der Waals surface area (Å²) in [4.78, 5) is 21.8. The van der Waals surface area contributed by atoms with Gasteiger partial charge in [0.1, 0.15) is 10.7 Å². The maximum Gasteiger partial charge on any atom is 0.271 e.